The number of hydrogen-bond donors (Lipinski definition) is 1. The second-order valence-electron chi connectivity index (χ2n) is 8.14. The Kier molecular flexibility index (Phi) is 8.27. The second kappa shape index (κ2) is 10.4. The molecule has 0 spiro atoms. The molecule has 5 heteroatoms. The molecule has 1 atom stereocenters. The van der Waals surface area contributed by atoms with E-state index in [0.29, 0.717) is 24.0 Å². The molecule has 29 heavy (non-hydrogen) atoms. The maximum Gasteiger partial charge on any atom is 0.242 e. The van der Waals surface area contributed by atoms with Gasteiger partial charge in [-0.3, -0.25) is 9.59 Å². The van der Waals surface area contributed by atoms with Gasteiger partial charge >= 0.3 is 0 Å². The highest BCUT2D eigenvalue weighted by molar-refractivity contribution is 6.30. The summed E-state index contributed by atoms with van der Waals surface area (Å²) >= 11 is 5.99. The topological polar surface area (TPSA) is 49.4 Å². The van der Waals surface area contributed by atoms with Gasteiger partial charge in [-0.2, -0.15) is 0 Å². The van der Waals surface area contributed by atoms with Crippen LogP contribution in [0.1, 0.15) is 43.0 Å². The summed E-state index contributed by atoms with van der Waals surface area (Å²) in [5.74, 6) is 0.139. The Hall–Kier alpha value is -2.33. The summed E-state index contributed by atoms with van der Waals surface area (Å²) in [4.78, 5) is 27.5. The molecule has 0 bridgehead atoms. The Bertz CT molecular complexity index is 826. The van der Waals surface area contributed by atoms with Crippen LogP contribution in [0.4, 0.5) is 0 Å². The number of halogens is 1. The maximum absolute atomic E-state index is 13.2. The molecule has 1 unspecified atom stereocenters. The fraction of sp³-hybridized carbons (Fsp3) is 0.417. The molecule has 0 aliphatic carbocycles. The number of carbonyl (C=O) groups is 2. The molecule has 0 saturated heterocycles. The third-order valence-corrected chi connectivity index (χ3v) is 5.01. The minimum atomic E-state index is -0.567. The Balaban J connectivity index is 2.23. The fourth-order valence-corrected chi connectivity index (χ4v) is 3.39. The van der Waals surface area contributed by atoms with Crippen LogP contribution in [0.25, 0.3) is 0 Å². The zero-order valence-electron chi connectivity index (χ0n) is 18.0. The first kappa shape index (κ1) is 23.0. The molecule has 0 fully saturated rings. The predicted molar refractivity (Wildman–Crippen MR) is 119 cm³/mol. The minimum absolute atomic E-state index is 0.0721. The number of aryl methyl sites for hydroxylation is 2. The van der Waals surface area contributed by atoms with Crippen molar-refractivity contribution in [1.82, 2.24) is 10.2 Å². The number of nitrogens with one attached hydrogen (secondary N) is 1. The zero-order valence-corrected chi connectivity index (χ0v) is 18.7. The van der Waals surface area contributed by atoms with Gasteiger partial charge in [0.05, 0.1) is 6.42 Å². The van der Waals surface area contributed by atoms with E-state index in [9.17, 15) is 9.59 Å². The smallest absolute Gasteiger partial charge is 0.242 e. The standard InChI is InChI=1S/C24H31ClN2O2/c1-16(2)14-26-24(29)19(5)27(15-20-6-8-22(25)9-7-20)23(28)13-21-11-17(3)10-18(4)12-21/h6-12,16,19H,13-15H2,1-5H3,(H,26,29). The summed E-state index contributed by atoms with van der Waals surface area (Å²) in [7, 11) is 0. The van der Waals surface area contributed by atoms with E-state index in [0.717, 1.165) is 22.3 Å². The largest absolute Gasteiger partial charge is 0.354 e. The van der Waals surface area contributed by atoms with Crippen molar-refractivity contribution in [2.75, 3.05) is 6.54 Å². The summed E-state index contributed by atoms with van der Waals surface area (Å²) in [5, 5.41) is 3.58. The van der Waals surface area contributed by atoms with Gasteiger partial charge in [0.25, 0.3) is 0 Å². The van der Waals surface area contributed by atoms with Gasteiger partial charge in [-0.25, -0.2) is 0 Å². The summed E-state index contributed by atoms with van der Waals surface area (Å²) in [6.45, 7) is 10.9. The van der Waals surface area contributed by atoms with Crippen LogP contribution in [0.15, 0.2) is 42.5 Å². The lowest BCUT2D eigenvalue weighted by molar-refractivity contribution is -0.140. The molecule has 2 rings (SSSR count). The molecule has 0 aromatic heterocycles. The van der Waals surface area contributed by atoms with Crippen LogP contribution in [0.3, 0.4) is 0 Å². The number of benzene rings is 2. The number of hydrogen-bond acceptors (Lipinski definition) is 2. The summed E-state index contributed by atoms with van der Waals surface area (Å²) in [6, 6.07) is 12.9. The van der Waals surface area contributed by atoms with Gasteiger partial charge in [-0.15, -0.1) is 0 Å². The van der Waals surface area contributed by atoms with Crippen LogP contribution >= 0.6 is 11.6 Å². The predicted octanol–water partition coefficient (Wildman–Crippen LogP) is 4.69. The third-order valence-electron chi connectivity index (χ3n) is 4.75. The van der Waals surface area contributed by atoms with Gasteiger partial charge in [0.15, 0.2) is 0 Å². The molecule has 0 aliphatic rings. The first-order valence-electron chi connectivity index (χ1n) is 10.0. The Morgan fingerprint density at radius 1 is 0.966 bits per heavy atom. The van der Waals surface area contributed by atoms with Crippen molar-refractivity contribution in [1.29, 1.82) is 0 Å². The average Bonchev–Trinajstić information content (AvgIpc) is 2.64. The summed E-state index contributed by atoms with van der Waals surface area (Å²) in [5.41, 5.74) is 4.15. The van der Waals surface area contributed by atoms with E-state index < -0.39 is 6.04 Å². The lowest BCUT2D eigenvalue weighted by Gasteiger charge is -2.29. The molecule has 0 saturated carbocycles. The molecule has 2 aromatic carbocycles. The van der Waals surface area contributed by atoms with Crippen molar-refractivity contribution >= 4 is 23.4 Å². The van der Waals surface area contributed by atoms with E-state index in [1.165, 1.54) is 0 Å². The van der Waals surface area contributed by atoms with Gasteiger partial charge in [0.2, 0.25) is 11.8 Å². The zero-order chi connectivity index (χ0) is 21.6. The summed E-state index contributed by atoms with van der Waals surface area (Å²) in [6.07, 6.45) is 0.262. The van der Waals surface area contributed by atoms with Gasteiger partial charge in [0, 0.05) is 18.1 Å². The first-order valence-corrected chi connectivity index (χ1v) is 10.4. The highest BCUT2D eigenvalue weighted by atomic mass is 35.5. The molecular weight excluding hydrogens is 384 g/mol. The quantitative estimate of drug-likeness (QED) is 0.681. The second-order valence-corrected chi connectivity index (χ2v) is 8.57. The van der Waals surface area contributed by atoms with Gasteiger partial charge in [-0.05, 0) is 49.9 Å². The van der Waals surface area contributed by atoms with E-state index >= 15 is 0 Å². The SMILES string of the molecule is Cc1cc(C)cc(CC(=O)N(Cc2ccc(Cl)cc2)C(C)C(=O)NCC(C)C)c1. The van der Waals surface area contributed by atoms with Crippen molar-refractivity contribution in [2.24, 2.45) is 5.92 Å². The number of amides is 2. The molecule has 0 aliphatic heterocycles. The van der Waals surface area contributed by atoms with E-state index in [1.54, 1.807) is 24.0 Å². The highest BCUT2D eigenvalue weighted by Crippen LogP contribution is 2.16. The minimum Gasteiger partial charge on any atom is -0.354 e. The molecule has 2 aromatic rings. The van der Waals surface area contributed by atoms with Crippen LogP contribution in [-0.4, -0.2) is 29.3 Å². The molecule has 2 amide bonds. The normalized spacial score (nSPS) is 12.0. The molecule has 156 valence electrons. The van der Waals surface area contributed by atoms with Crippen molar-refractivity contribution in [2.45, 2.75) is 53.6 Å². The molecule has 4 nitrogen and oxygen atoms in total. The van der Waals surface area contributed by atoms with Crippen molar-refractivity contribution in [3.05, 3.63) is 69.7 Å². The van der Waals surface area contributed by atoms with Gasteiger partial charge in [0.1, 0.15) is 6.04 Å². The first-order chi connectivity index (χ1) is 13.7. The Morgan fingerprint density at radius 3 is 2.10 bits per heavy atom. The average molecular weight is 415 g/mol. The fourth-order valence-electron chi connectivity index (χ4n) is 3.27. The molecule has 1 N–H and O–H groups in total. The summed E-state index contributed by atoms with van der Waals surface area (Å²) < 4.78 is 0. The molecular formula is C24H31ClN2O2. The van der Waals surface area contributed by atoms with E-state index in [-0.39, 0.29) is 18.2 Å². The monoisotopic (exact) mass is 414 g/mol. The van der Waals surface area contributed by atoms with Gasteiger partial charge < -0.3 is 10.2 Å². The molecule has 0 heterocycles. The number of carbonyl (C=O) groups excluding carboxylic acids is 2. The van der Waals surface area contributed by atoms with E-state index in [4.69, 9.17) is 11.6 Å². The van der Waals surface area contributed by atoms with Gasteiger partial charge in [-0.1, -0.05) is 66.9 Å². The van der Waals surface area contributed by atoms with E-state index in [1.807, 2.05) is 52.0 Å². The van der Waals surface area contributed by atoms with Crippen LogP contribution in [-0.2, 0) is 22.6 Å². The van der Waals surface area contributed by atoms with Crippen LogP contribution in [0, 0.1) is 19.8 Å². The van der Waals surface area contributed by atoms with Crippen LogP contribution in [0.2, 0.25) is 5.02 Å². The van der Waals surface area contributed by atoms with E-state index in [2.05, 4.69) is 11.4 Å². The van der Waals surface area contributed by atoms with Crippen molar-refractivity contribution in [3.8, 4) is 0 Å². The molecule has 0 radical (unpaired) electrons. The van der Waals surface area contributed by atoms with Crippen molar-refractivity contribution in [3.63, 3.8) is 0 Å². The Morgan fingerprint density at radius 2 is 1.55 bits per heavy atom. The number of rotatable bonds is 8. The number of nitrogens with zero attached hydrogens (tertiary/aromatic N) is 1. The van der Waals surface area contributed by atoms with Crippen LogP contribution in [0.5, 0.6) is 0 Å². The lowest BCUT2D eigenvalue weighted by atomic mass is 10.0. The third kappa shape index (κ3) is 7.21. The lowest BCUT2D eigenvalue weighted by Crippen LogP contribution is -2.48. The Labute approximate surface area is 179 Å². The van der Waals surface area contributed by atoms with Crippen molar-refractivity contribution < 1.29 is 9.59 Å². The van der Waals surface area contributed by atoms with Crippen LogP contribution < -0.4 is 5.32 Å². The maximum atomic E-state index is 13.2. The highest BCUT2D eigenvalue weighted by Gasteiger charge is 2.26.